The van der Waals surface area contributed by atoms with Crippen molar-refractivity contribution >= 4 is 30.8 Å². The zero-order valence-corrected chi connectivity index (χ0v) is 23.3. The predicted molar refractivity (Wildman–Crippen MR) is 161 cm³/mol. The SMILES string of the molecule is [B]c1cccc(C)c1CNC(=O)CN(CC(=O)N1CC=CCC(N)C1)c1cccc(OCc2cccc(C)c2)c1. The van der Waals surface area contributed by atoms with E-state index in [9.17, 15) is 9.59 Å². The minimum Gasteiger partial charge on any atom is -0.489 e. The van der Waals surface area contributed by atoms with Gasteiger partial charge >= 0.3 is 0 Å². The van der Waals surface area contributed by atoms with Crippen molar-refractivity contribution in [2.75, 3.05) is 31.1 Å². The fraction of sp³-hybridized carbons (Fsp3) is 0.312. The largest absolute Gasteiger partial charge is 0.489 e. The Morgan fingerprint density at radius 2 is 1.85 bits per heavy atom. The molecule has 7 nitrogen and oxygen atoms in total. The Balaban J connectivity index is 1.49. The minimum atomic E-state index is -0.214. The molecule has 0 saturated heterocycles. The molecule has 0 aromatic heterocycles. The van der Waals surface area contributed by atoms with Crippen molar-refractivity contribution in [2.45, 2.75) is 39.5 Å². The molecule has 1 aliphatic rings. The Labute approximate surface area is 238 Å². The first-order chi connectivity index (χ1) is 19.3. The van der Waals surface area contributed by atoms with E-state index in [1.165, 1.54) is 5.56 Å². The number of carbonyl (C=O) groups excluding carboxylic acids is 2. The van der Waals surface area contributed by atoms with Gasteiger partial charge < -0.3 is 25.6 Å². The highest BCUT2D eigenvalue weighted by Gasteiger charge is 2.22. The van der Waals surface area contributed by atoms with Crippen LogP contribution in [0.3, 0.4) is 0 Å². The summed E-state index contributed by atoms with van der Waals surface area (Å²) in [5.41, 5.74) is 11.6. The van der Waals surface area contributed by atoms with Crippen LogP contribution in [0.1, 0.15) is 28.7 Å². The molecular formula is C32H37BN4O3. The third-order valence-electron chi connectivity index (χ3n) is 6.98. The van der Waals surface area contributed by atoms with Crippen molar-refractivity contribution in [2.24, 2.45) is 5.73 Å². The van der Waals surface area contributed by atoms with E-state index in [1.807, 2.05) is 86.7 Å². The summed E-state index contributed by atoms with van der Waals surface area (Å²) >= 11 is 0. The average molecular weight is 536 g/mol. The molecule has 0 spiro atoms. The molecule has 1 unspecified atom stereocenters. The van der Waals surface area contributed by atoms with Gasteiger partial charge in [-0.1, -0.05) is 71.7 Å². The van der Waals surface area contributed by atoms with E-state index in [0.717, 1.165) is 28.8 Å². The van der Waals surface area contributed by atoms with Crippen molar-refractivity contribution in [1.82, 2.24) is 10.2 Å². The van der Waals surface area contributed by atoms with Crippen molar-refractivity contribution in [3.63, 3.8) is 0 Å². The summed E-state index contributed by atoms with van der Waals surface area (Å²) in [5, 5.41) is 2.97. The van der Waals surface area contributed by atoms with Crippen LogP contribution in [0.4, 0.5) is 5.69 Å². The molecule has 3 aromatic carbocycles. The summed E-state index contributed by atoms with van der Waals surface area (Å²) in [5.74, 6) is 0.349. The number of anilines is 1. The van der Waals surface area contributed by atoms with Gasteiger partial charge in [-0.25, -0.2) is 0 Å². The quantitative estimate of drug-likeness (QED) is 0.308. The second-order valence-electron chi connectivity index (χ2n) is 10.3. The van der Waals surface area contributed by atoms with Gasteiger partial charge in [0.25, 0.3) is 0 Å². The molecule has 4 rings (SSSR count). The molecule has 1 aliphatic heterocycles. The van der Waals surface area contributed by atoms with E-state index in [4.69, 9.17) is 18.3 Å². The molecule has 206 valence electrons. The van der Waals surface area contributed by atoms with E-state index < -0.39 is 0 Å². The molecule has 3 aromatic rings. The molecule has 0 bridgehead atoms. The molecule has 1 heterocycles. The monoisotopic (exact) mass is 536 g/mol. The third kappa shape index (κ3) is 8.23. The number of hydrogen-bond acceptors (Lipinski definition) is 5. The lowest BCUT2D eigenvalue weighted by molar-refractivity contribution is -0.129. The molecule has 40 heavy (non-hydrogen) atoms. The van der Waals surface area contributed by atoms with Crippen molar-refractivity contribution in [1.29, 1.82) is 0 Å². The average Bonchev–Trinajstić information content (AvgIpc) is 3.16. The molecule has 0 aliphatic carbocycles. The number of rotatable bonds is 10. The number of carbonyl (C=O) groups is 2. The number of hydrogen-bond donors (Lipinski definition) is 2. The third-order valence-corrected chi connectivity index (χ3v) is 6.98. The van der Waals surface area contributed by atoms with Gasteiger partial charge in [0.1, 0.15) is 20.2 Å². The van der Waals surface area contributed by atoms with Crippen molar-refractivity contribution in [3.05, 3.63) is 101 Å². The highest BCUT2D eigenvalue weighted by atomic mass is 16.5. The van der Waals surface area contributed by atoms with Crippen LogP contribution in [0.25, 0.3) is 0 Å². The van der Waals surface area contributed by atoms with E-state index in [1.54, 1.807) is 9.80 Å². The van der Waals surface area contributed by atoms with Crippen LogP contribution in [0.5, 0.6) is 5.75 Å². The Morgan fingerprint density at radius 3 is 2.65 bits per heavy atom. The van der Waals surface area contributed by atoms with E-state index in [-0.39, 0.29) is 30.9 Å². The van der Waals surface area contributed by atoms with Gasteiger partial charge in [0, 0.05) is 37.4 Å². The highest BCUT2D eigenvalue weighted by Crippen LogP contribution is 2.23. The van der Waals surface area contributed by atoms with Gasteiger partial charge in [0.05, 0.1) is 13.1 Å². The number of amides is 2. The molecule has 3 N–H and O–H groups in total. The second-order valence-corrected chi connectivity index (χ2v) is 10.3. The lowest BCUT2D eigenvalue weighted by Gasteiger charge is -2.29. The number of aryl methyl sites for hydroxylation is 2. The first kappa shape index (κ1) is 29.0. The van der Waals surface area contributed by atoms with E-state index >= 15 is 0 Å². The molecule has 2 radical (unpaired) electrons. The fourth-order valence-corrected chi connectivity index (χ4v) is 4.73. The summed E-state index contributed by atoms with van der Waals surface area (Å²) in [6.45, 7) is 5.73. The smallest absolute Gasteiger partial charge is 0.242 e. The molecule has 8 heteroatoms. The topological polar surface area (TPSA) is 87.9 Å². The molecule has 0 fully saturated rings. The predicted octanol–water partition coefficient (Wildman–Crippen LogP) is 2.91. The van der Waals surface area contributed by atoms with Crippen LogP contribution in [0.2, 0.25) is 0 Å². The first-order valence-corrected chi connectivity index (χ1v) is 13.6. The normalized spacial score (nSPS) is 14.9. The second kappa shape index (κ2) is 13.9. The maximum atomic E-state index is 13.4. The zero-order chi connectivity index (χ0) is 28.5. The number of nitrogens with zero attached hydrogens (tertiary/aromatic N) is 2. The number of ether oxygens (including phenoxy) is 1. The van der Waals surface area contributed by atoms with Gasteiger partial charge in [-0.15, -0.1) is 0 Å². The van der Waals surface area contributed by atoms with Gasteiger partial charge in [0.15, 0.2) is 0 Å². The maximum Gasteiger partial charge on any atom is 0.242 e. The standard InChI is InChI=1S/C32H37BN4O3/c1-23-8-5-10-25(16-23)22-40-28-13-7-12-27(17-28)37(21-32(39)36-15-4-3-11-26(34)19-36)20-31(38)35-18-29-24(2)9-6-14-30(29)33/h3-10,12-14,16-17,26H,11,15,18-22,34H2,1-2H3,(H,35,38). The van der Waals surface area contributed by atoms with Crippen LogP contribution in [0, 0.1) is 13.8 Å². The number of benzene rings is 3. The summed E-state index contributed by atoms with van der Waals surface area (Å²) in [6.07, 6.45) is 4.71. The summed E-state index contributed by atoms with van der Waals surface area (Å²) in [4.78, 5) is 30.0. The van der Waals surface area contributed by atoms with Crippen molar-refractivity contribution in [3.8, 4) is 5.75 Å². The van der Waals surface area contributed by atoms with Crippen LogP contribution >= 0.6 is 0 Å². The van der Waals surface area contributed by atoms with E-state index in [0.29, 0.717) is 37.5 Å². The lowest BCUT2D eigenvalue weighted by atomic mass is 9.88. The van der Waals surface area contributed by atoms with Crippen LogP contribution < -0.4 is 26.2 Å². The molecule has 2 amide bonds. The lowest BCUT2D eigenvalue weighted by Crippen LogP contribution is -2.47. The molecule has 0 saturated carbocycles. The Kier molecular flexibility index (Phi) is 10.0. The van der Waals surface area contributed by atoms with Gasteiger partial charge in [-0.2, -0.15) is 0 Å². The zero-order valence-electron chi connectivity index (χ0n) is 23.3. The van der Waals surface area contributed by atoms with Crippen LogP contribution in [-0.2, 0) is 22.7 Å². The summed E-state index contributed by atoms with van der Waals surface area (Å²) in [7, 11) is 6.13. The molecular weight excluding hydrogens is 499 g/mol. The summed E-state index contributed by atoms with van der Waals surface area (Å²) in [6, 6.07) is 21.2. The number of nitrogens with two attached hydrogens (primary N) is 1. The Bertz CT molecular complexity index is 1340. The van der Waals surface area contributed by atoms with Crippen molar-refractivity contribution < 1.29 is 14.3 Å². The Hall–Kier alpha value is -4.04. The minimum absolute atomic E-state index is 0.00536. The van der Waals surface area contributed by atoms with Gasteiger partial charge in [-0.3, -0.25) is 9.59 Å². The Morgan fingerprint density at radius 1 is 1.05 bits per heavy atom. The maximum absolute atomic E-state index is 13.4. The molecule has 1 atom stereocenters. The van der Waals surface area contributed by atoms with Crippen LogP contribution in [0.15, 0.2) is 78.9 Å². The van der Waals surface area contributed by atoms with Gasteiger partial charge in [0.2, 0.25) is 11.8 Å². The first-order valence-electron chi connectivity index (χ1n) is 13.6. The van der Waals surface area contributed by atoms with Crippen LogP contribution in [-0.4, -0.2) is 56.8 Å². The van der Waals surface area contributed by atoms with Gasteiger partial charge in [-0.05, 0) is 49.1 Å². The highest BCUT2D eigenvalue weighted by molar-refractivity contribution is 6.33. The fourth-order valence-electron chi connectivity index (χ4n) is 4.73. The summed E-state index contributed by atoms with van der Waals surface area (Å²) < 4.78 is 6.06. The number of nitrogens with one attached hydrogen (secondary N) is 1. The van der Waals surface area contributed by atoms with E-state index in [2.05, 4.69) is 11.4 Å².